The average Bonchev–Trinajstić information content (AvgIpc) is 2.16. The van der Waals surface area contributed by atoms with Crippen LogP contribution in [-0.2, 0) is 15.0 Å². The second kappa shape index (κ2) is 5.05. The Bertz CT molecular complexity index is 313. The number of aldehydes is 1. The van der Waals surface area contributed by atoms with Crippen LogP contribution in [-0.4, -0.2) is 38.1 Å². The predicted octanol–water partition coefficient (Wildman–Crippen LogP) is 0.140. The first-order valence-electron chi connectivity index (χ1n) is 5.18. The van der Waals surface area contributed by atoms with Crippen molar-refractivity contribution in [1.82, 2.24) is 9.03 Å². The summed E-state index contributed by atoms with van der Waals surface area (Å²) < 4.78 is 27.4. The second-order valence-corrected chi connectivity index (χ2v) is 5.88. The lowest BCUT2D eigenvalue weighted by Crippen LogP contribution is -2.48. The topological polar surface area (TPSA) is 66.5 Å². The van der Waals surface area contributed by atoms with Gasteiger partial charge >= 0.3 is 0 Å². The quantitative estimate of drug-likeness (QED) is 0.704. The minimum atomic E-state index is -3.40. The molecule has 5 nitrogen and oxygen atoms in total. The highest BCUT2D eigenvalue weighted by molar-refractivity contribution is 7.87. The van der Waals surface area contributed by atoms with Crippen LogP contribution < -0.4 is 4.72 Å². The van der Waals surface area contributed by atoms with E-state index in [9.17, 15) is 13.2 Å². The largest absolute Gasteiger partial charge is 0.303 e. The fourth-order valence-corrected chi connectivity index (χ4v) is 3.18. The van der Waals surface area contributed by atoms with Crippen LogP contribution >= 0.6 is 0 Å². The smallest absolute Gasteiger partial charge is 0.279 e. The van der Waals surface area contributed by atoms with Gasteiger partial charge in [0, 0.05) is 25.0 Å². The summed E-state index contributed by atoms with van der Waals surface area (Å²) in [6.07, 6.45) is 2.39. The maximum absolute atomic E-state index is 11.8. The normalized spacial score (nSPS) is 24.3. The standard InChI is InChI=1S/C9H18N2O3S/c1-8(2)10-15(13,14)11-5-3-4-9(6-11)7-12/h7-10H,3-6H2,1-2H3. The molecule has 1 aliphatic rings. The van der Waals surface area contributed by atoms with E-state index < -0.39 is 10.2 Å². The van der Waals surface area contributed by atoms with Gasteiger partial charge < -0.3 is 4.79 Å². The zero-order chi connectivity index (χ0) is 11.5. The minimum absolute atomic E-state index is 0.119. The monoisotopic (exact) mass is 234 g/mol. The first-order valence-corrected chi connectivity index (χ1v) is 6.62. The third-order valence-corrected chi connectivity index (χ3v) is 4.12. The van der Waals surface area contributed by atoms with Crippen LogP contribution in [0.4, 0.5) is 0 Å². The van der Waals surface area contributed by atoms with Gasteiger partial charge in [-0.2, -0.15) is 17.4 Å². The summed E-state index contributed by atoms with van der Waals surface area (Å²) in [6.45, 7) is 4.37. The molecule has 1 fully saturated rings. The highest BCUT2D eigenvalue weighted by atomic mass is 32.2. The van der Waals surface area contributed by atoms with Gasteiger partial charge in [0.25, 0.3) is 10.2 Å². The Labute approximate surface area is 91.0 Å². The molecule has 1 heterocycles. The number of nitrogens with one attached hydrogen (secondary N) is 1. The summed E-state index contributed by atoms with van der Waals surface area (Å²) >= 11 is 0. The van der Waals surface area contributed by atoms with E-state index in [0.717, 1.165) is 19.1 Å². The lowest BCUT2D eigenvalue weighted by atomic mass is 10.0. The van der Waals surface area contributed by atoms with Crippen molar-refractivity contribution >= 4 is 16.5 Å². The Kier molecular flexibility index (Phi) is 4.24. The number of nitrogens with zero attached hydrogens (tertiary/aromatic N) is 1. The van der Waals surface area contributed by atoms with Gasteiger partial charge in [0.1, 0.15) is 6.29 Å². The third kappa shape index (κ3) is 3.55. The van der Waals surface area contributed by atoms with E-state index >= 15 is 0 Å². The first-order chi connectivity index (χ1) is 6.95. The Morgan fingerprint density at radius 1 is 1.47 bits per heavy atom. The van der Waals surface area contributed by atoms with E-state index in [1.54, 1.807) is 13.8 Å². The molecule has 1 atom stereocenters. The van der Waals surface area contributed by atoms with Crippen LogP contribution in [0.1, 0.15) is 26.7 Å². The molecule has 1 saturated heterocycles. The molecule has 6 heteroatoms. The van der Waals surface area contributed by atoms with Crippen molar-refractivity contribution in [2.75, 3.05) is 13.1 Å². The highest BCUT2D eigenvalue weighted by Gasteiger charge is 2.28. The Morgan fingerprint density at radius 2 is 2.13 bits per heavy atom. The van der Waals surface area contributed by atoms with Gasteiger partial charge in [-0.25, -0.2) is 0 Å². The molecule has 1 N–H and O–H groups in total. The molecule has 0 spiro atoms. The van der Waals surface area contributed by atoms with Crippen molar-refractivity contribution < 1.29 is 13.2 Å². The molecule has 0 radical (unpaired) electrons. The fraction of sp³-hybridized carbons (Fsp3) is 0.889. The van der Waals surface area contributed by atoms with E-state index in [1.165, 1.54) is 4.31 Å². The summed E-state index contributed by atoms with van der Waals surface area (Å²) in [6, 6.07) is -0.119. The molecule has 0 bridgehead atoms. The summed E-state index contributed by atoms with van der Waals surface area (Å²) in [5.41, 5.74) is 0. The summed E-state index contributed by atoms with van der Waals surface area (Å²) in [5, 5.41) is 0. The van der Waals surface area contributed by atoms with E-state index in [1.807, 2.05) is 0 Å². The van der Waals surface area contributed by atoms with E-state index in [0.29, 0.717) is 13.1 Å². The molecule has 0 saturated carbocycles. The zero-order valence-corrected chi connectivity index (χ0v) is 9.96. The predicted molar refractivity (Wildman–Crippen MR) is 57.6 cm³/mol. The second-order valence-electron chi connectivity index (χ2n) is 4.17. The molecule has 1 aliphatic heterocycles. The number of carbonyl (C=O) groups is 1. The minimum Gasteiger partial charge on any atom is -0.303 e. The molecule has 0 aromatic carbocycles. The lowest BCUT2D eigenvalue weighted by Gasteiger charge is -2.29. The van der Waals surface area contributed by atoms with E-state index in [4.69, 9.17) is 0 Å². The molecule has 0 aliphatic carbocycles. The fourth-order valence-electron chi connectivity index (χ4n) is 1.68. The summed E-state index contributed by atoms with van der Waals surface area (Å²) in [4.78, 5) is 10.6. The molecule has 15 heavy (non-hydrogen) atoms. The van der Waals surface area contributed by atoms with Gasteiger partial charge in [-0.05, 0) is 26.7 Å². The number of rotatable bonds is 4. The maximum Gasteiger partial charge on any atom is 0.279 e. The van der Waals surface area contributed by atoms with Crippen molar-refractivity contribution in [3.8, 4) is 0 Å². The summed E-state index contributed by atoms with van der Waals surface area (Å²) in [7, 11) is -3.40. The van der Waals surface area contributed by atoms with Gasteiger partial charge in [-0.3, -0.25) is 0 Å². The zero-order valence-electron chi connectivity index (χ0n) is 9.14. The van der Waals surface area contributed by atoms with Crippen molar-refractivity contribution in [1.29, 1.82) is 0 Å². The Hall–Kier alpha value is -0.460. The molecule has 0 aromatic heterocycles. The van der Waals surface area contributed by atoms with Crippen LogP contribution in [0.2, 0.25) is 0 Å². The SMILES string of the molecule is CC(C)NS(=O)(=O)N1CCCC(C=O)C1. The van der Waals surface area contributed by atoms with Crippen molar-refractivity contribution in [2.24, 2.45) is 5.92 Å². The molecule has 0 amide bonds. The molecule has 1 unspecified atom stereocenters. The van der Waals surface area contributed by atoms with Crippen LogP contribution in [0.3, 0.4) is 0 Å². The van der Waals surface area contributed by atoms with E-state index in [2.05, 4.69) is 4.72 Å². The number of hydrogen-bond acceptors (Lipinski definition) is 3. The molecular formula is C9H18N2O3S. The average molecular weight is 234 g/mol. The van der Waals surface area contributed by atoms with Gasteiger partial charge in [0.15, 0.2) is 0 Å². The molecule has 0 aromatic rings. The van der Waals surface area contributed by atoms with Crippen LogP contribution in [0.25, 0.3) is 0 Å². The lowest BCUT2D eigenvalue weighted by molar-refractivity contribution is -0.112. The van der Waals surface area contributed by atoms with Crippen LogP contribution in [0, 0.1) is 5.92 Å². The first kappa shape index (κ1) is 12.6. The number of carbonyl (C=O) groups excluding carboxylic acids is 1. The van der Waals surface area contributed by atoms with Crippen molar-refractivity contribution in [3.05, 3.63) is 0 Å². The maximum atomic E-state index is 11.8. The Balaban J connectivity index is 2.66. The van der Waals surface area contributed by atoms with Gasteiger partial charge in [-0.15, -0.1) is 0 Å². The van der Waals surface area contributed by atoms with Crippen LogP contribution in [0.15, 0.2) is 0 Å². The molecule has 1 rings (SSSR count). The summed E-state index contributed by atoms with van der Waals surface area (Å²) in [5.74, 6) is -0.150. The highest BCUT2D eigenvalue weighted by Crippen LogP contribution is 2.16. The van der Waals surface area contributed by atoms with Crippen LogP contribution in [0.5, 0.6) is 0 Å². The van der Waals surface area contributed by atoms with Crippen molar-refractivity contribution in [3.63, 3.8) is 0 Å². The number of piperidine rings is 1. The third-order valence-electron chi connectivity index (χ3n) is 2.34. The van der Waals surface area contributed by atoms with E-state index in [-0.39, 0.29) is 12.0 Å². The molecule has 88 valence electrons. The van der Waals surface area contributed by atoms with Gasteiger partial charge in [0.2, 0.25) is 0 Å². The molecular weight excluding hydrogens is 216 g/mol. The number of hydrogen-bond donors (Lipinski definition) is 1. The Morgan fingerprint density at radius 3 is 2.67 bits per heavy atom. The van der Waals surface area contributed by atoms with Crippen molar-refractivity contribution in [2.45, 2.75) is 32.7 Å². The van der Waals surface area contributed by atoms with Gasteiger partial charge in [-0.1, -0.05) is 0 Å². The van der Waals surface area contributed by atoms with Gasteiger partial charge in [0.05, 0.1) is 0 Å².